The summed E-state index contributed by atoms with van der Waals surface area (Å²) in [7, 11) is 0. The normalized spacial score (nSPS) is 10.6. The van der Waals surface area contributed by atoms with Crippen LogP contribution in [0.3, 0.4) is 0 Å². The Morgan fingerprint density at radius 2 is 1.28 bits per heavy atom. The van der Waals surface area contributed by atoms with E-state index in [1.165, 1.54) is 50.1 Å². The summed E-state index contributed by atoms with van der Waals surface area (Å²) in [5, 5.41) is 1.57. The molecule has 0 radical (unpaired) electrons. The average Bonchev–Trinajstić information content (AvgIpc) is 3.50. The van der Waals surface area contributed by atoms with Gasteiger partial charge in [0.05, 0.1) is 0 Å². The van der Waals surface area contributed by atoms with Crippen molar-refractivity contribution in [2.24, 2.45) is 0 Å². The Labute approximate surface area is 291 Å². The number of rotatable bonds is 2. The fourth-order valence-corrected chi connectivity index (χ4v) is 7.31. The maximum Gasteiger partial charge on any atom is -0.0253 e. The Bertz CT molecular complexity index is 1560. The molecule has 0 saturated carbocycles. The van der Waals surface area contributed by atoms with Crippen LogP contribution in [0.2, 0.25) is 10.0 Å². The molecule has 0 amide bonds. The summed E-state index contributed by atoms with van der Waals surface area (Å²) in [6.07, 6.45) is 1.05. The first-order valence-corrected chi connectivity index (χ1v) is 17.5. The molecule has 6 rings (SSSR count). The third-order valence-electron chi connectivity index (χ3n) is 6.91. The van der Waals surface area contributed by atoms with E-state index in [1.54, 1.807) is 0 Å². The second kappa shape index (κ2) is 17.5. The van der Waals surface area contributed by atoms with Crippen LogP contribution in [-0.4, -0.2) is 7.42 Å². The predicted molar refractivity (Wildman–Crippen MR) is 191 cm³/mol. The topological polar surface area (TPSA) is 0 Å². The van der Waals surface area contributed by atoms with Crippen LogP contribution in [0, 0.1) is 19.9 Å². The van der Waals surface area contributed by atoms with Gasteiger partial charge in [-0.05, 0) is 6.42 Å². The van der Waals surface area contributed by atoms with E-state index in [0.29, 0.717) is 5.41 Å². The molecule has 5 heteroatoms. The van der Waals surface area contributed by atoms with Gasteiger partial charge in [-0.2, -0.15) is 52.6 Å². The van der Waals surface area contributed by atoms with Gasteiger partial charge in [0.15, 0.2) is 0 Å². The van der Waals surface area contributed by atoms with Crippen LogP contribution < -0.4 is 0 Å². The summed E-state index contributed by atoms with van der Waals surface area (Å²) in [6, 6.07) is 38.6. The average molecular weight is 728 g/mol. The second-order valence-corrected chi connectivity index (χ2v) is 14.4. The summed E-state index contributed by atoms with van der Waals surface area (Å²) < 4.78 is 4.66. The number of fused-ring (bicyclic) bond motifs is 3. The van der Waals surface area contributed by atoms with Crippen molar-refractivity contribution >= 4 is 55.4 Å². The maximum atomic E-state index is 5.84. The molecule has 43 heavy (non-hydrogen) atoms. The molecule has 0 atom stereocenters. The monoisotopic (exact) mass is 724 g/mol. The van der Waals surface area contributed by atoms with Gasteiger partial charge in [0.25, 0.3) is 0 Å². The Kier molecular flexibility index (Phi) is 15.1. The fraction of sp³-hybridized carbons (Fsp3) is 0.184. The Morgan fingerprint density at radius 3 is 1.77 bits per heavy atom. The minimum atomic E-state index is -0.623. The van der Waals surface area contributed by atoms with Crippen molar-refractivity contribution in [2.45, 2.75) is 46.5 Å². The first-order chi connectivity index (χ1) is 19.6. The molecule has 1 aliphatic rings. The molecule has 224 valence electrons. The molecule has 0 heterocycles. The summed E-state index contributed by atoms with van der Waals surface area (Å²) in [6.45, 7) is 11.1. The second-order valence-electron chi connectivity index (χ2n) is 11.3. The van der Waals surface area contributed by atoms with Gasteiger partial charge in [0.1, 0.15) is 0 Å². The first kappa shape index (κ1) is 37.2. The van der Waals surface area contributed by atoms with E-state index in [1.807, 2.05) is 30.3 Å². The van der Waals surface area contributed by atoms with Gasteiger partial charge in [-0.1, -0.05) is 75.4 Å². The summed E-state index contributed by atoms with van der Waals surface area (Å²) >= 11 is 11.0. The fourth-order valence-electron chi connectivity index (χ4n) is 4.96. The van der Waals surface area contributed by atoms with E-state index in [0.717, 1.165) is 16.5 Å². The SMILES string of the molecule is Cc1cc(C(C)(C)C)c(C)[cH-]1.Cl.Cl.Clc1ccc([CH]=[Zr]=[CH]c2ccc(Cl)cc2)cc1.[c-]1cccc2c1Cc1ccccc1-2. The zero-order valence-electron chi connectivity index (χ0n) is 25.2. The number of hydrogen-bond donors (Lipinski definition) is 0. The summed E-state index contributed by atoms with van der Waals surface area (Å²) in [4.78, 5) is 0. The van der Waals surface area contributed by atoms with E-state index in [2.05, 4.69) is 121 Å². The van der Waals surface area contributed by atoms with Crippen LogP contribution in [0.15, 0.2) is 103 Å². The zero-order chi connectivity index (χ0) is 29.4. The molecule has 0 N–H and O–H groups in total. The summed E-state index contributed by atoms with van der Waals surface area (Å²) in [5.74, 6) is 0. The van der Waals surface area contributed by atoms with E-state index in [-0.39, 0.29) is 24.8 Å². The minimum absolute atomic E-state index is 0. The molecule has 0 nitrogen and oxygen atoms in total. The minimum Gasteiger partial charge on any atom is -0.179 e. The van der Waals surface area contributed by atoms with Crippen molar-refractivity contribution in [3.8, 4) is 11.1 Å². The molecule has 0 fully saturated rings. The van der Waals surface area contributed by atoms with Crippen LogP contribution >= 0.6 is 48.0 Å². The molecule has 0 spiro atoms. The van der Waals surface area contributed by atoms with Crippen molar-refractivity contribution in [3.05, 3.63) is 158 Å². The number of halogens is 4. The summed E-state index contributed by atoms with van der Waals surface area (Å²) in [5.41, 5.74) is 12.6. The van der Waals surface area contributed by atoms with Gasteiger partial charge >= 0.3 is 123 Å². The third-order valence-corrected chi connectivity index (χ3v) is 9.87. The van der Waals surface area contributed by atoms with Crippen LogP contribution in [0.4, 0.5) is 0 Å². The van der Waals surface area contributed by atoms with Crippen molar-refractivity contribution in [2.75, 3.05) is 0 Å². The van der Waals surface area contributed by atoms with Crippen molar-refractivity contribution in [1.29, 1.82) is 0 Å². The molecule has 0 aliphatic heterocycles. The van der Waals surface area contributed by atoms with Crippen LogP contribution in [0.5, 0.6) is 0 Å². The molecule has 5 aromatic rings. The predicted octanol–water partition coefficient (Wildman–Crippen LogP) is 11.3. The molecule has 1 aliphatic carbocycles. The number of aryl methyl sites for hydroxylation is 2. The molecule has 0 saturated heterocycles. The first-order valence-electron chi connectivity index (χ1n) is 13.9. The Balaban J connectivity index is 0.000000225. The molecular weight excluding hydrogens is 689 g/mol. The standard InChI is InChI=1S/C13H9.C11H17.2C7H5Cl.2ClH.Zr/c1-3-7-12-10(5-1)9-11-6-2-4-8-13(11)12;1-8-6-9(2)10(7-8)11(3,4)5;2*1-6-2-4-7(8)5-3-6;;;/h1-5,7-8H,9H2;6-7H,1-5H3;2*1-5H;2*1H;/q2*-1;;;;;. The molecular formula is C38H38Cl4Zr-2. The molecule has 5 aromatic carbocycles. The van der Waals surface area contributed by atoms with Gasteiger partial charge in [0.2, 0.25) is 0 Å². The zero-order valence-corrected chi connectivity index (χ0v) is 30.9. The van der Waals surface area contributed by atoms with Crippen molar-refractivity contribution < 1.29 is 22.3 Å². The Morgan fingerprint density at radius 1 is 0.744 bits per heavy atom. The van der Waals surface area contributed by atoms with Gasteiger partial charge in [-0.3, -0.25) is 0 Å². The Hall–Kier alpha value is -1.99. The molecule has 0 bridgehead atoms. The van der Waals surface area contributed by atoms with E-state index >= 15 is 0 Å². The largest absolute Gasteiger partial charge is 0.179 e. The van der Waals surface area contributed by atoms with Gasteiger partial charge in [-0.15, -0.1) is 30.4 Å². The number of benzene rings is 4. The smallest absolute Gasteiger partial charge is 0.0253 e. The molecule has 0 aromatic heterocycles. The van der Waals surface area contributed by atoms with Crippen molar-refractivity contribution in [1.82, 2.24) is 0 Å². The van der Waals surface area contributed by atoms with Gasteiger partial charge in [0, 0.05) is 0 Å². The third kappa shape index (κ3) is 11.1. The van der Waals surface area contributed by atoms with E-state index < -0.39 is 22.3 Å². The number of hydrogen-bond acceptors (Lipinski definition) is 0. The van der Waals surface area contributed by atoms with Crippen molar-refractivity contribution in [3.63, 3.8) is 0 Å². The van der Waals surface area contributed by atoms with Crippen LogP contribution in [0.1, 0.15) is 59.7 Å². The quantitative estimate of drug-likeness (QED) is 0.156. The van der Waals surface area contributed by atoms with E-state index in [9.17, 15) is 0 Å². The van der Waals surface area contributed by atoms with Crippen LogP contribution in [0.25, 0.3) is 11.1 Å². The van der Waals surface area contributed by atoms with Gasteiger partial charge < -0.3 is 0 Å². The van der Waals surface area contributed by atoms with Gasteiger partial charge in [-0.25, -0.2) is 6.07 Å². The van der Waals surface area contributed by atoms with E-state index in [4.69, 9.17) is 23.2 Å². The molecule has 0 unspecified atom stereocenters. The maximum absolute atomic E-state index is 5.84. The van der Waals surface area contributed by atoms with Crippen LogP contribution in [-0.2, 0) is 34.1 Å².